The predicted octanol–water partition coefficient (Wildman–Crippen LogP) is 3.14. The number of pyridine rings is 1. The van der Waals surface area contributed by atoms with Crippen molar-refractivity contribution in [3.63, 3.8) is 0 Å². The Balaban J connectivity index is 2.42. The number of aryl methyl sites for hydroxylation is 1. The zero-order valence-electron chi connectivity index (χ0n) is 8.90. The third kappa shape index (κ3) is 2.08. The molecule has 0 saturated carbocycles. The minimum atomic E-state index is 0.0508. The molecular weight excluding hydrogens is 204 g/mol. The Hall–Kier alpha value is -1.19. The average Bonchev–Trinajstić information content (AvgIpc) is 2.69. The summed E-state index contributed by atoms with van der Waals surface area (Å²) < 4.78 is 0. The van der Waals surface area contributed by atoms with Gasteiger partial charge in [0.2, 0.25) is 0 Å². The Bertz CT molecular complexity index is 447. The van der Waals surface area contributed by atoms with Crippen LogP contribution in [0.25, 0.3) is 10.6 Å². The lowest BCUT2D eigenvalue weighted by Gasteiger charge is -2.09. The van der Waals surface area contributed by atoms with E-state index in [1.165, 1.54) is 4.88 Å². The summed E-state index contributed by atoms with van der Waals surface area (Å²) in [5.74, 6) is 0. The molecule has 0 saturated heterocycles. The van der Waals surface area contributed by atoms with E-state index in [4.69, 9.17) is 5.73 Å². The molecule has 0 bridgehead atoms. The lowest BCUT2D eigenvalue weighted by Crippen LogP contribution is -2.08. The van der Waals surface area contributed by atoms with E-state index in [0.717, 1.165) is 17.0 Å². The second kappa shape index (κ2) is 4.13. The van der Waals surface area contributed by atoms with Gasteiger partial charge in [-0.2, -0.15) is 0 Å². The van der Waals surface area contributed by atoms with Gasteiger partial charge in [0.15, 0.2) is 0 Å². The van der Waals surface area contributed by atoms with Crippen molar-refractivity contribution >= 4 is 11.3 Å². The molecule has 1 atom stereocenters. The maximum atomic E-state index is 5.85. The van der Waals surface area contributed by atoms with Crippen molar-refractivity contribution in [2.75, 3.05) is 0 Å². The molecule has 0 aliphatic carbocycles. The first kappa shape index (κ1) is 10.3. The summed E-state index contributed by atoms with van der Waals surface area (Å²) in [7, 11) is 0. The zero-order chi connectivity index (χ0) is 10.8. The van der Waals surface area contributed by atoms with Gasteiger partial charge in [-0.15, -0.1) is 11.3 Å². The Morgan fingerprint density at radius 1 is 1.33 bits per heavy atom. The minimum absolute atomic E-state index is 0.0508. The number of rotatable bonds is 2. The maximum absolute atomic E-state index is 5.85. The van der Waals surface area contributed by atoms with Gasteiger partial charge in [0.25, 0.3) is 0 Å². The van der Waals surface area contributed by atoms with Crippen molar-refractivity contribution in [3.8, 4) is 10.6 Å². The van der Waals surface area contributed by atoms with Crippen molar-refractivity contribution in [2.24, 2.45) is 5.73 Å². The Labute approximate surface area is 93.8 Å². The maximum Gasteiger partial charge on any atom is 0.0805 e. The van der Waals surface area contributed by atoms with Crippen LogP contribution in [-0.2, 0) is 0 Å². The summed E-state index contributed by atoms with van der Waals surface area (Å²) >= 11 is 1.71. The number of hydrogen-bond donors (Lipinski definition) is 1. The fourth-order valence-electron chi connectivity index (χ4n) is 1.61. The molecule has 2 heterocycles. The highest BCUT2D eigenvalue weighted by atomic mass is 32.1. The molecule has 2 aromatic rings. The molecule has 2 nitrogen and oxygen atoms in total. The molecule has 0 aromatic carbocycles. The molecular formula is C12H14N2S. The predicted molar refractivity (Wildman–Crippen MR) is 64.9 cm³/mol. The van der Waals surface area contributed by atoms with Crippen LogP contribution in [-0.4, -0.2) is 4.98 Å². The first-order valence-corrected chi connectivity index (χ1v) is 5.83. The topological polar surface area (TPSA) is 38.9 Å². The van der Waals surface area contributed by atoms with E-state index in [1.54, 1.807) is 11.3 Å². The van der Waals surface area contributed by atoms with Crippen molar-refractivity contribution < 1.29 is 0 Å². The molecule has 3 heteroatoms. The molecule has 2 aromatic heterocycles. The van der Waals surface area contributed by atoms with Gasteiger partial charge in [-0.1, -0.05) is 12.1 Å². The molecule has 0 fully saturated rings. The van der Waals surface area contributed by atoms with Crippen LogP contribution < -0.4 is 5.73 Å². The largest absolute Gasteiger partial charge is 0.324 e. The number of nitrogens with zero attached hydrogens (tertiary/aromatic N) is 1. The van der Waals surface area contributed by atoms with Crippen LogP contribution in [0.4, 0.5) is 0 Å². The Morgan fingerprint density at radius 2 is 2.13 bits per heavy atom. The lowest BCUT2D eigenvalue weighted by atomic mass is 10.1. The van der Waals surface area contributed by atoms with Crippen LogP contribution >= 0.6 is 11.3 Å². The van der Waals surface area contributed by atoms with Gasteiger partial charge in [0, 0.05) is 11.7 Å². The smallest absolute Gasteiger partial charge is 0.0805 e. The van der Waals surface area contributed by atoms with E-state index < -0.39 is 0 Å². The molecule has 78 valence electrons. The van der Waals surface area contributed by atoms with E-state index >= 15 is 0 Å². The second-order valence-electron chi connectivity index (χ2n) is 3.64. The van der Waals surface area contributed by atoms with Crippen molar-refractivity contribution in [1.29, 1.82) is 0 Å². The molecule has 0 amide bonds. The normalized spacial score (nSPS) is 12.7. The van der Waals surface area contributed by atoms with Gasteiger partial charge in [-0.3, -0.25) is 4.98 Å². The quantitative estimate of drug-likeness (QED) is 0.841. The summed E-state index contributed by atoms with van der Waals surface area (Å²) in [6.07, 6.45) is 0. The van der Waals surface area contributed by atoms with Gasteiger partial charge in [0.1, 0.15) is 0 Å². The monoisotopic (exact) mass is 218 g/mol. The van der Waals surface area contributed by atoms with Crippen molar-refractivity contribution in [2.45, 2.75) is 19.9 Å². The third-order valence-corrected chi connectivity index (χ3v) is 3.28. The summed E-state index contributed by atoms with van der Waals surface area (Å²) in [6, 6.07) is 8.28. The highest BCUT2D eigenvalue weighted by molar-refractivity contribution is 7.13. The van der Waals surface area contributed by atoms with E-state index in [1.807, 2.05) is 26.0 Å². The van der Waals surface area contributed by atoms with Crippen molar-refractivity contribution in [3.05, 3.63) is 40.9 Å². The fraction of sp³-hybridized carbons (Fsp3) is 0.250. The van der Waals surface area contributed by atoms with Crippen LogP contribution in [0.5, 0.6) is 0 Å². The molecule has 15 heavy (non-hydrogen) atoms. The molecule has 1 unspecified atom stereocenters. The Kier molecular flexibility index (Phi) is 2.84. The first-order valence-electron chi connectivity index (χ1n) is 4.95. The van der Waals surface area contributed by atoms with Gasteiger partial charge in [0.05, 0.1) is 10.6 Å². The molecule has 0 spiro atoms. The summed E-state index contributed by atoms with van der Waals surface area (Å²) in [5, 5.41) is 2.06. The number of nitrogens with two attached hydrogens (primary N) is 1. The highest BCUT2D eigenvalue weighted by Crippen LogP contribution is 2.24. The number of aromatic nitrogens is 1. The first-order chi connectivity index (χ1) is 7.18. The second-order valence-corrected chi connectivity index (χ2v) is 4.58. The molecule has 2 N–H and O–H groups in total. The van der Waals surface area contributed by atoms with E-state index in [9.17, 15) is 0 Å². The standard InChI is InChI=1S/C12H14N2S/c1-8(13)10-5-6-11(14-9(10)2)12-4-3-7-15-12/h3-8H,13H2,1-2H3. The Morgan fingerprint density at radius 3 is 2.67 bits per heavy atom. The number of hydrogen-bond acceptors (Lipinski definition) is 3. The summed E-state index contributed by atoms with van der Waals surface area (Å²) in [6.45, 7) is 3.99. The third-order valence-electron chi connectivity index (χ3n) is 2.39. The average molecular weight is 218 g/mol. The van der Waals surface area contributed by atoms with Crippen LogP contribution in [0.2, 0.25) is 0 Å². The summed E-state index contributed by atoms with van der Waals surface area (Å²) in [5.41, 5.74) is 9.02. The lowest BCUT2D eigenvalue weighted by molar-refractivity contribution is 0.800. The van der Waals surface area contributed by atoms with E-state index in [2.05, 4.69) is 22.5 Å². The van der Waals surface area contributed by atoms with Gasteiger partial charge < -0.3 is 5.73 Å². The molecule has 0 aliphatic rings. The summed E-state index contributed by atoms with van der Waals surface area (Å²) in [4.78, 5) is 5.77. The minimum Gasteiger partial charge on any atom is -0.324 e. The van der Waals surface area contributed by atoms with Crippen molar-refractivity contribution in [1.82, 2.24) is 4.98 Å². The van der Waals surface area contributed by atoms with E-state index in [0.29, 0.717) is 0 Å². The van der Waals surface area contributed by atoms with Gasteiger partial charge in [-0.25, -0.2) is 0 Å². The van der Waals surface area contributed by atoms with Gasteiger partial charge in [-0.05, 0) is 36.9 Å². The van der Waals surface area contributed by atoms with Crippen LogP contribution in [0.1, 0.15) is 24.2 Å². The number of thiophene rings is 1. The van der Waals surface area contributed by atoms with Gasteiger partial charge >= 0.3 is 0 Å². The van der Waals surface area contributed by atoms with Crippen LogP contribution in [0.15, 0.2) is 29.6 Å². The molecule has 0 aliphatic heterocycles. The zero-order valence-corrected chi connectivity index (χ0v) is 9.71. The van der Waals surface area contributed by atoms with E-state index in [-0.39, 0.29) is 6.04 Å². The highest BCUT2D eigenvalue weighted by Gasteiger charge is 2.07. The molecule has 0 radical (unpaired) electrons. The SMILES string of the molecule is Cc1nc(-c2cccs2)ccc1C(C)N. The fourth-order valence-corrected chi connectivity index (χ4v) is 2.31. The van der Waals surface area contributed by atoms with Crippen LogP contribution in [0, 0.1) is 6.92 Å². The van der Waals surface area contributed by atoms with Crippen LogP contribution in [0.3, 0.4) is 0 Å². The molecule has 2 rings (SSSR count).